The number of ether oxygens (including phenoxy) is 1. The summed E-state index contributed by atoms with van der Waals surface area (Å²) in [4.78, 5) is 18.3. The van der Waals surface area contributed by atoms with Gasteiger partial charge in [-0.2, -0.15) is 9.61 Å². The lowest BCUT2D eigenvalue weighted by atomic mass is 10.0. The first kappa shape index (κ1) is 14.9. The highest BCUT2D eigenvalue weighted by atomic mass is 16.5. The Hall–Kier alpha value is -1.99. The maximum atomic E-state index is 11.7. The lowest BCUT2D eigenvalue weighted by Crippen LogP contribution is -2.17. The number of hydrogen-bond donors (Lipinski definition) is 2. The van der Waals surface area contributed by atoms with Crippen LogP contribution in [-0.4, -0.2) is 44.0 Å². The van der Waals surface area contributed by atoms with Crippen LogP contribution in [0.25, 0.3) is 5.65 Å². The number of fused-ring (bicyclic) bond motifs is 1. The molecule has 0 aliphatic heterocycles. The largest absolute Gasteiger partial charge is 0.389 e. The van der Waals surface area contributed by atoms with Crippen molar-refractivity contribution in [2.24, 2.45) is 0 Å². The van der Waals surface area contributed by atoms with Crippen LogP contribution in [0, 0.1) is 0 Å². The van der Waals surface area contributed by atoms with Crippen LogP contribution < -0.4 is 5.69 Å². The molecule has 2 heterocycles. The molecule has 2 aromatic heterocycles. The molecule has 0 unspecified atom stereocenters. The van der Waals surface area contributed by atoms with Gasteiger partial charge >= 0.3 is 5.69 Å². The van der Waals surface area contributed by atoms with E-state index >= 15 is 0 Å². The van der Waals surface area contributed by atoms with E-state index in [-0.39, 0.29) is 11.6 Å². The molecule has 0 spiro atoms. The molecule has 22 heavy (non-hydrogen) atoms. The van der Waals surface area contributed by atoms with Gasteiger partial charge in [-0.3, -0.25) is 4.98 Å². The summed E-state index contributed by atoms with van der Waals surface area (Å²) in [6, 6.07) is 0. The van der Waals surface area contributed by atoms with Gasteiger partial charge in [-0.05, 0) is 18.4 Å². The summed E-state index contributed by atoms with van der Waals surface area (Å²) >= 11 is 0. The van der Waals surface area contributed by atoms with Crippen LogP contribution in [0.1, 0.15) is 37.7 Å². The maximum absolute atomic E-state index is 11.7. The van der Waals surface area contributed by atoms with Crippen molar-refractivity contribution in [3.05, 3.63) is 40.2 Å². The molecule has 0 fully saturated rings. The Labute approximate surface area is 127 Å². The predicted octanol–water partition coefficient (Wildman–Crippen LogP) is 1.01. The zero-order valence-corrected chi connectivity index (χ0v) is 12.5. The highest BCUT2D eigenvalue weighted by molar-refractivity contribution is 5.50. The van der Waals surface area contributed by atoms with Crippen molar-refractivity contribution in [1.82, 2.24) is 19.6 Å². The van der Waals surface area contributed by atoms with Gasteiger partial charge in [0.15, 0.2) is 5.65 Å². The highest BCUT2D eigenvalue weighted by Gasteiger charge is 2.28. The lowest BCUT2D eigenvalue weighted by molar-refractivity contribution is 0.126. The van der Waals surface area contributed by atoms with Crippen molar-refractivity contribution in [2.45, 2.75) is 38.2 Å². The summed E-state index contributed by atoms with van der Waals surface area (Å²) in [5.74, 6) is 0.00609. The van der Waals surface area contributed by atoms with Gasteiger partial charge in [-0.1, -0.05) is 19.4 Å². The Kier molecular flexibility index (Phi) is 4.35. The van der Waals surface area contributed by atoms with Crippen LogP contribution >= 0.6 is 0 Å². The third-order valence-electron chi connectivity index (χ3n) is 3.97. The second kappa shape index (κ2) is 6.41. The number of H-pyrrole nitrogens is 1. The van der Waals surface area contributed by atoms with Gasteiger partial charge in [-0.15, -0.1) is 0 Å². The van der Waals surface area contributed by atoms with E-state index in [4.69, 9.17) is 4.74 Å². The van der Waals surface area contributed by atoms with E-state index in [2.05, 4.69) is 22.0 Å². The Bertz CT molecular complexity index is 734. The number of hydrogen-bond acceptors (Lipinski definition) is 5. The van der Waals surface area contributed by atoms with Crippen molar-refractivity contribution in [3.63, 3.8) is 0 Å². The molecule has 1 aliphatic rings. The molecule has 2 atom stereocenters. The molecule has 2 N–H and O–H groups in total. The monoisotopic (exact) mass is 304 g/mol. The summed E-state index contributed by atoms with van der Waals surface area (Å²) < 4.78 is 6.82. The zero-order valence-electron chi connectivity index (χ0n) is 12.5. The summed E-state index contributed by atoms with van der Waals surface area (Å²) in [6.45, 7) is 3.27. The third kappa shape index (κ3) is 2.82. The molecule has 3 rings (SSSR count). The molecule has 0 saturated carbocycles. The van der Waals surface area contributed by atoms with Crippen molar-refractivity contribution >= 4 is 5.65 Å². The quantitative estimate of drug-likeness (QED) is 0.614. The molecule has 0 bridgehead atoms. The normalized spacial score (nSPS) is 21.5. The van der Waals surface area contributed by atoms with E-state index in [0.29, 0.717) is 25.3 Å². The molecule has 0 aromatic carbocycles. The molecular formula is C15H20N4O3. The van der Waals surface area contributed by atoms with E-state index in [0.717, 1.165) is 24.0 Å². The first-order valence-electron chi connectivity index (χ1n) is 7.58. The number of rotatable bonds is 6. The molecule has 1 aliphatic carbocycles. The summed E-state index contributed by atoms with van der Waals surface area (Å²) in [5, 5.41) is 14.2. The lowest BCUT2D eigenvalue weighted by Gasteiger charge is -2.09. The third-order valence-corrected chi connectivity index (χ3v) is 3.97. The number of nitrogens with one attached hydrogen (secondary N) is 1. The zero-order chi connectivity index (χ0) is 15.5. The fourth-order valence-electron chi connectivity index (χ4n) is 2.73. The smallest absolute Gasteiger partial charge is 0.349 e. The Morgan fingerprint density at radius 3 is 3.23 bits per heavy atom. The number of aliphatic hydroxyl groups excluding tert-OH is 1. The molecule has 7 heteroatoms. The maximum Gasteiger partial charge on any atom is 0.349 e. The van der Waals surface area contributed by atoms with Gasteiger partial charge in [0.1, 0.15) is 0 Å². The molecule has 118 valence electrons. The molecule has 0 amide bonds. The minimum Gasteiger partial charge on any atom is -0.389 e. The Morgan fingerprint density at radius 1 is 1.55 bits per heavy atom. The molecule has 0 radical (unpaired) electrons. The van der Waals surface area contributed by atoms with Crippen molar-refractivity contribution in [2.75, 3.05) is 13.2 Å². The molecule has 2 aromatic rings. The number of allylic oxidation sites excluding steroid dienone is 1. The van der Waals surface area contributed by atoms with Crippen molar-refractivity contribution in [1.29, 1.82) is 0 Å². The molecule has 7 nitrogen and oxygen atoms in total. The van der Waals surface area contributed by atoms with Gasteiger partial charge < -0.3 is 9.84 Å². The van der Waals surface area contributed by atoms with Gasteiger partial charge in [-0.25, -0.2) is 9.78 Å². The number of unbranched alkanes of at least 4 members (excludes halogenated alkanes) is 1. The van der Waals surface area contributed by atoms with E-state index in [1.165, 1.54) is 10.8 Å². The second-order valence-electron chi connectivity index (χ2n) is 5.55. The summed E-state index contributed by atoms with van der Waals surface area (Å²) in [6.07, 6.45) is 7.20. The number of aliphatic hydroxyl groups is 1. The van der Waals surface area contributed by atoms with Gasteiger partial charge in [0.05, 0.1) is 25.2 Å². The number of aromatic nitrogens is 4. The topological polar surface area (TPSA) is 92.5 Å². The average molecular weight is 304 g/mol. The van der Waals surface area contributed by atoms with Crippen molar-refractivity contribution in [3.8, 4) is 0 Å². The minimum atomic E-state index is -0.511. The average Bonchev–Trinajstić information content (AvgIpc) is 3.08. The summed E-state index contributed by atoms with van der Waals surface area (Å²) in [5.41, 5.74) is 1.96. The van der Waals surface area contributed by atoms with E-state index in [1.54, 1.807) is 6.20 Å². The van der Waals surface area contributed by atoms with E-state index < -0.39 is 6.10 Å². The summed E-state index contributed by atoms with van der Waals surface area (Å²) in [7, 11) is 0. The van der Waals surface area contributed by atoms with E-state index in [9.17, 15) is 9.90 Å². The van der Waals surface area contributed by atoms with Crippen LogP contribution in [0.4, 0.5) is 0 Å². The fourth-order valence-corrected chi connectivity index (χ4v) is 2.73. The van der Waals surface area contributed by atoms with Gasteiger partial charge in [0.25, 0.3) is 0 Å². The minimum absolute atomic E-state index is 0.00609. The van der Waals surface area contributed by atoms with Crippen LogP contribution in [0.3, 0.4) is 0 Å². The molecule has 0 saturated heterocycles. The van der Waals surface area contributed by atoms with Crippen LogP contribution in [0.2, 0.25) is 0 Å². The van der Waals surface area contributed by atoms with Gasteiger partial charge in [0.2, 0.25) is 0 Å². The van der Waals surface area contributed by atoms with Crippen LogP contribution in [0.15, 0.2) is 29.0 Å². The predicted molar refractivity (Wildman–Crippen MR) is 80.8 cm³/mol. The molecular weight excluding hydrogens is 284 g/mol. The number of nitrogens with zero attached hydrogens (tertiary/aromatic N) is 3. The van der Waals surface area contributed by atoms with Crippen LogP contribution in [-0.2, 0) is 4.74 Å². The Balaban J connectivity index is 1.78. The van der Waals surface area contributed by atoms with Crippen molar-refractivity contribution < 1.29 is 9.84 Å². The fraction of sp³-hybridized carbons (Fsp3) is 0.533. The van der Waals surface area contributed by atoms with E-state index in [1.807, 2.05) is 6.08 Å². The highest BCUT2D eigenvalue weighted by Crippen LogP contribution is 2.34. The number of aromatic amines is 1. The second-order valence-corrected chi connectivity index (χ2v) is 5.55. The standard InChI is InChI=1S/C15H20N4O3/c1-2-3-4-22-8-11-5-10(6-13(11)20)12-7-18-19-14(12)16-9-17-15(19)21/h5,7,9-10,13,20H,2-4,6,8H2,1H3,(H,16,17,21)/t10-,13-/m1/s1. The SMILES string of the molecule is CCCCOCC1=C[C@@H](c2cnn3c(=O)[nH]cnc23)C[C@H]1O. The Morgan fingerprint density at radius 2 is 2.41 bits per heavy atom. The first-order valence-corrected chi connectivity index (χ1v) is 7.58. The first-order chi connectivity index (χ1) is 10.7. The van der Waals surface area contributed by atoms with Crippen LogP contribution in [0.5, 0.6) is 0 Å². The van der Waals surface area contributed by atoms with Gasteiger partial charge in [0, 0.05) is 18.1 Å².